The van der Waals surface area contributed by atoms with Crippen LogP contribution in [0.25, 0.3) is 0 Å². The summed E-state index contributed by atoms with van der Waals surface area (Å²) in [7, 11) is 1.31. The zero-order chi connectivity index (χ0) is 11.3. The molecular formula is C10H12N2O3. The number of methoxy groups -OCH3 is 1. The fraction of sp³-hybridized carbons (Fsp3) is 0.200. The molecule has 0 aromatic carbocycles. The molecule has 0 aromatic rings. The number of nitrogens with one attached hydrogen (secondary N) is 1. The van der Waals surface area contributed by atoms with Crippen LogP contribution in [-0.2, 0) is 9.53 Å². The van der Waals surface area contributed by atoms with Crippen molar-refractivity contribution in [2.45, 2.75) is 6.42 Å². The summed E-state index contributed by atoms with van der Waals surface area (Å²) >= 11 is 0. The van der Waals surface area contributed by atoms with Crippen LogP contribution in [0, 0.1) is 0 Å². The number of primary amides is 1. The van der Waals surface area contributed by atoms with E-state index >= 15 is 0 Å². The lowest BCUT2D eigenvalue weighted by atomic mass is 10.1. The van der Waals surface area contributed by atoms with E-state index in [0.29, 0.717) is 17.7 Å². The van der Waals surface area contributed by atoms with Gasteiger partial charge in [-0.25, -0.2) is 9.59 Å². The summed E-state index contributed by atoms with van der Waals surface area (Å²) in [5.41, 5.74) is 6.00. The highest BCUT2D eigenvalue weighted by atomic mass is 16.5. The lowest BCUT2D eigenvalue weighted by molar-refractivity contribution is -0.136. The van der Waals surface area contributed by atoms with Crippen molar-refractivity contribution in [2.24, 2.45) is 5.73 Å². The number of rotatable bonds is 2. The van der Waals surface area contributed by atoms with Gasteiger partial charge in [-0.2, -0.15) is 0 Å². The first-order chi connectivity index (χ1) is 7.13. The Kier molecular flexibility index (Phi) is 3.68. The Bertz CT molecular complexity index is 367. The second kappa shape index (κ2) is 4.99. The molecule has 1 aliphatic rings. The number of allylic oxidation sites excluding steroid dienone is 5. The van der Waals surface area contributed by atoms with E-state index in [1.807, 2.05) is 0 Å². The van der Waals surface area contributed by atoms with Crippen molar-refractivity contribution in [3.05, 3.63) is 35.6 Å². The van der Waals surface area contributed by atoms with Crippen LogP contribution in [0.3, 0.4) is 0 Å². The molecule has 0 atom stereocenters. The topological polar surface area (TPSA) is 81.4 Å². The summed E-state index contributed by atoms with van der Waals surface area (Å²) in [5, 5.41) is 2.43. The maximum absolute atomic E-state index is 11.3. The van der Waals surface area contributed by atoms with Crippen molar-refractivity contribution >= 4 is 12.0 Å². The highest BCUT2D eigenvalue weighted by Crippen LogP contribution is 2.13. The van der Waals surface area contributed by atoms with E-state index in [2.05, 4.69) is 10.1 Å². The van der Waals surface area contributed by atoms with Crippen molar-refractivity contribution in [3.63, 3.8) is 0 Å². The van der Waals surface area contributed by atoms with Crippen LogP contribution < -0.4 is 11.1 Å². The maximum atomic E-state index is 11.3. The second-order valence-electron chi connectivity index (χ2n) is 2.93. The highest BCUT2D eigenvalue weighted by Gasteiger charge is 2.13. The predicted molar refractivity (Wildman–Crippen MR) is 54.7 cm³/mol. The first kappa shape index (κ1) is 11.0. The van der Waals surface area contributed by atoms with Crippen LogP contribution in [0.5, 0.6) is 0 Å². The van der Waals surface area contributed by atoms with E-state index in [1.54, 1.807) is 24.3 Å². The first-order valence-electron chi connectivity index (χ1n) is 4.34. The Labute approximate surface area is 87.3 Å². The summed E-state index contributed by atoms with van der Waals surface area (Å²) < 4.78 is 4.59. The van der Waals surface area contributed by atoms with Crippen LogP contribution in [0.1, 0.15) is 6.42 Å². The van der Waals surface area contributed by atoms with Gasteiger partial charge in [0.1, 0.15) is 0 Å². The molecule has 1 aliphatic carbocycles. The molecule has 1 rings (SSSR count). The number of carbonyl (C=O) groups excluding carboxylic acids is 2. The fourth-order valence-corrected chi connectivity index (χ4v) is 1.18. The molecule has 0 unspecified atom stereocenters. The van der Waals surface area contributed by atoms with Crippen LogP contribution >= 0.6 is 0 Å². The van der Waals surface area contributed by atoms with Gasteiger partial charge < -0.3 is 15.8 Å². The predicted octanol–water partition coefficient (Wildman–Crippen LogP) is 0.598. The van der Waals surface area contributed by atoms with Crippen molar-refractivity contribution < 1.29 is 14.3 Å². The molecule has 0 fully saturated rings. The van der Waals surface area contributed by atoms with Gasteiger partial charge in [0.15, 0.2) is 0 Å². The lowest BCUT2D eigenvalue weighted by Crippen LogP contribution is -2.29. The molecule has 2 amide bonds. The van der Waals surface area contributed by atoms with Gasteiger partial charge in [0.25, 0.3) is 0 Å². The standard InChI is InChI=1S/C10H12N2O3/c1-15-9(13)7-4-2-3-5-8(6-7)12-10(11)14/h2-5H,6H2,1H3,(H3,11,12,14). The average molecular weight is 208 g/mol. The molecule has 0 bridgehead atoms. The Morgan fingerprint density at radius 3 is 2.67 bits per heavy atom. The molecule has 0 saturated carbocycles. The van der Waals surface area contributed by atoms with Crippen molar-refractivity contribution in [1.29, 1.82) is 0 Å². The first-order valence-corrected chi connectivity index (χ1v) is 4.34. The monoisotopic (exact) mass is 208 g/mol. The van der Waals surface area contributed by atoms with E-state index in [4.69, 9.17) is 5.73 Å². The van der Waals surface area contributed by atoms with Crippen LogP contribution in [0.15, 0.2) is 35.6 Å². The Hall–Kier alpha value is -2.04. The fourth-order valence-electron chi connectivity index (χ4n) is 1.18. The van der Waals surface area contributed by atoms with Gasteiger partial charge in [-0.05, 0) is 6.08 Å². The van der Waals surface area contributed by atoms with E-state index in [-0.39, 0.29) is 0 Å². The van der Waals surface area contributed by atoms with Crippen molar-refractivity contribution in [1.82, 2.24) is 5.32 Å². The highest BCUT2D eigenvalue weighted by molar-refractivity contribution is 5.89. The normalized spacial score (nSPS) is 14.7. The minimum Gasteiger partial charge on any atom is -0.466 e. The Morgan fingerprint density at radius 1 is 1.40 bits per heavy atom. The summed E-state index contributed by atoms with van der Waals surface area (Å²) in [6.45, 7) is 0. The zero-order valence-electron chi connectivity index (χ0n) is 8.32. The SMILES string of the molecule is COC(=O)C1=CC=CC=C(NC(N)=O)C1. The van der Waals surface area contributed by atoms with Gasteiger partial charge >= 0.3 is 12.0 Å². The van der Waals surface area contributed by atoms with Gasteiger partial charge in [-0.15, -0.1) is 0 Å². The van der Waals surface area contributed by atoms with Crippen LogP contribution in [0.2, 0.25) is 0 Å². The van der Waals surface area contributed by atoms with Crippen LogP contribution in [-0.4, -0.2) is 19.1 Å². The third kappa shape index (κ3) is 3.30. The van der Waals surface area contributed by atoms with Crippen molar-refractivity contribution in [3.8, 4) is 0 Å². The minimum atomic E-state index is -0.652. The molecule has 3 N–H and O–H groups in total. The van der Waals surface area contributed by atoms with Gasteiger partial charge in [0.05, 0.1) is 7.11 Å². The summed E-state index contributed by atoms with van der Waals surface area (Å²) in [6.07, 6.45) is 7.01. The average Bonchev–Trinajstić information content (AvgIpc) is 2.41. The number of carbonyl (C=O) groups is 2. The molecule has 0 aromatic heterocycles. The van der Waals surface area contributed by atoms with E-state index in [1.165, 1.54) is 7.11 Å². The summed E-state index contributed by atoms with van der Waals surface area (Å²) in [6, 6.07) is -0.652. The smallest absolute Gasteiger partial charge is 0.334 e. The molecule has 0 spiro atoms. The molecule has 0 aliphatic heterocycles. The maximum Gasteiger partial charge on any atom is 0.334 e. The van der Waals surface area contributed by atoms with Crippen molar-refractivity contribution in [2.75, 3.05) is 7.11 Å². The molecule has 0 saturated heterocycles. The Morgan fingerprint density at radius 2 is 2.07 bits per heavy atom. The lowest BCUT2D eigenvalue weighted by Gasteiger charge is -2.07. The third-order valence-corrected chi connectivity index (χ3v) is 1.82. The zero-order valence-corrected chi connectivity index (χ0v) is 8.32. The quantitative estimate of drug-likeness (QED) is 0.652. The molecule has 80 valence electrons. The number of ether oxygens (including phenoxy) is 1. The summed E-state index contributed by atoms with van der Waals surface area (Å²) in [4.78, 5) is 21.9. The molecular weight excluding hydrogens is 196 g/mol. The largest absolute Gasteiger partial charge is 0.466 e. The molecule has 0 heterocycles. The second-order valence-corrected chi connectivity index (χ2v) is 2.93. The number of nitrogens with two attached hydrogens (primary N) is 1. The van der Waals surface area contributed by atoms with E-state index in [0.717, 1.165) is 0 Å². The molecule has 15 heavy (non-hydrogen) atoms. The number of esters is 1. The summed E-state index contributed by atoms with van der Waals surface area (Å²) in [5.74, 6) is -0.418. The van der Waals surface area contributed by atoms with Gasteiger partial charge in [-0.3, -0.25) is 0 Å². The number of hydrogen-bond donors (Lipinski definition) is 2. The number of hydrogen-bond acceptors (Lipinski definition) is 3. The van der Waals surface area contributed by atoms with Gasteiger partial charge in [0, 0.05) is 17.7 Å². The van der Waals surface area contributed by atoms with E-state index in [9.17, 15) is 9.59 Å². The number of amides is 2. The van der Waals surface area contributed by atoms with Gasteiger partial charge in [0.2, 0.25) is 0 Å². The Balaban J connectivity index is 2.77. The van der Waals surface area contributed by atoms with Crippen LogP contribution in [0.4, 0.5) is 4.79 Å². The number of urea groups is 1. The molecule has 5 nitrogen and oxygen atoms in total. The minimum absolute atomic E-state index is 0.294. The van der Waals surface area contributed by atoms with E-state index < -0.39 is 12.0 Å². The molecule has 0 radical (unpaired) electrons. The molecule has 5 heteroatoms. The van der Waals surface area contributed by atoms with Gasteiger partial charge in [-0.1, -0.05) is 18.2 Å². The third-order valence-electron chi connectivity index (χ3n) is 1.82.